The molecular weight excluding hydrogens is 256 g/mol. The minimum absolute atomic E-state index is 0.0360. The summed E-state index contributed by atoms with van der Waals surface area (Å²) in [5.74, 6) is -2.14. The predicted molar refractivity (Wildman–Crippen MR) is 64.7 cm³/mol. The molecule has 0 aromatic heterocycles. The van der Waals surface area contributed by atoms with E-state index < -0.39 is 21.7 Å². The van der Waals surface area contributed by atoms with Crippen molar-refractivity contribution in [3.63, 3.8) is 0 Å². The van der Waals surface area contributed by atoms with Crippen LogP contribution in [0.3, 0.4) is 0 Å². The Kier molecular flexibility index (Phi) is 2.90. The zero-order chi connectivity index (χ0) is 13.5. The van der Waals surface area contributed by atoms with Crippen molar-refractivity contribution < 1.29 is 23.4 Å². The van der Waals surface area contributed by atoms with Gasteiger partial charge in [-0.15, -0.1) is 0 Å². The molecule has 1 aliphatic heterocycles. The summed E-state index contributed by atoms with van der Waals surface area (Å²) < 4.78 is 24.3. The van der Waals surface area contributed by atoms with E-state index in [0.717, 1.165) is 0 Å². The summed E-state index contributed by atoms with van der Waals surface area (Å²) in [4.78, 5) is 10.7. The molecule has 2 N–H and O–H groups in total. The minimum atomic E-state index is -3.76. The third-order valence-corrected chi connectivity index (χ3v) is 4.84. The van der Waals surface area contributed by atoms with Gasteiger partial charge >= 0.3 is 5.97 Å². The number of phenols is 1. The normalized spacial score (nSPS) is 17.9. The van der Waals surface area contributed by atoms with E-state index >= 15 is 0 Å². The van der Waals surface area contributed by atoms with Crippen LogP contribution in [0, 0.1) is 5.92 Å². The Balaban J connectivity index is 2.45. The summed E-state index contributed by atoms with van der Waals surface area (Å²) in [5, 5.41) is 18.4. The highest BCUT2D eigenvalue weighted by atomic mass is 32.2. The van der Waals surface area contributed by atoms with Crippen molar-refractivity contribution in [2.24, 2.45) is 5.92 Å². The van der Waals surface area contributed by atoms with Crippen LogP contribution in [0.25, 0.3) is 6.08 Å². The summed E-state index contributed by atoms with van der Waals surface area (Å²) in [6.45, 7) is 1.45. The van der Waals surface area contributed by atoms with Gasteiger partial charge in [-0.3, -0.25) is 4.79 Å². The first-order valence-corrected chi connectivity index (χ1v) is 6.83. The van der Waals surface area contributed by atoms with Crippen molar-refractivity contribution in [3.05, 3.63) is 28.7 Å². The second kappa shape index (κ2) is 4.13. The number of sulfone groups is 1. The summed E-state index contributed by atoms with van der Waals surface area (Å²) in [6.07, 6.45) is 1.34. The molecule has 1 aromatic rings. The highest BCUT2D eigenvalue weighted by Gasteiger charge is 2.33. The van der Waals surface area contributed by atoms with Crippen LogP contribution in [-0.4, -0.2) is 24.6 Å². The number of phenolic OH excluding ortho intramolecular Hbond substituents is 1. The molecule has 0 radical (unpaired) electrons. The molecule has 0 bridgehead atoms. The largest absolute Gasteiger partial charge is 0.507 e. The van der Waals surface area contributed by atoms with E-state index in [1.807, 2.05) is 0 Å². The highest BCUT2D eigenvalue weighted by Crippen LogP contribution is 2.40. The molecule has 0 saturated carbocycles. The Morgan fingerprint density at radius 3 is 2.61 bits per heavy atom. The van der Waals surface area contributed by atoms with Gasteiger partial charge in [0, 0.05) is 0 Å². The van der Waals surface area contributed by atoms with E-state index in [2.05, 4.69) is 0 Å². The summed E-state index contributed by atoms with van der Waals surface area (Å²) in [7, 11) is -3.76. The molecule has 6 heteroatoms. The van der Waals surface area contributed by atoms with E-state index in [1.54, 1.807) is 12.1 Å². The van der Waals surface area contributed by atoms with Crippen molar-refractivity contribution in [2.45, 2.75) is 18.2 Å². The molecule has 0 saturated heterocycles. The maximum Gasteiger partial charge on any atom is 0.306 e. The van der Waals surface area contributed by atoms with Crippen LogP contribution in [-0.2, 0) is 14.6 Å². The molecular formula is C12H12O5S. The molecule has 0 aliphatic carbocycles. The fraction of sp³-hybridized carbons (Fsp3) is 0.250. The summed E-state index contributed by atoms with van der Waals surface area (Å²) in [6, 6.07) is 4.42. The van der Waals surface area contributed by atoms with Gasteiger partial charge in [-0.1, -0.05) is 19.1 Å². The number of hydrogen-bond donors (Lipinski definition) is 2. The van der Waals surface area contributed by atoms with Gasteiger partial charge in [-0.25, -0.2) is 8.42 Å². The molecule has 1 atom stereocenters. The summed E-state index contributed by atoms with van der Waals surface area (Å²) in [5.41, 5.74) is 0.405. The monoisotopic (exact) mass is 268 g/mol. The fourth-order valence-electron chi connectivity index (χ4n) is 1.89. The van der Waals surface area contributed by atoms with Gasteiger partial charge < -0.3 is 10.2 Å². The third kappa shape index (κ3) is 1.88. The van der Waals surface area contributed by atoms with E-state index in [4.69, 9.17) is 5.11 Å². The second-order valence-corrected chi connectivity index (χ2v) is 6.19. The number of allylic oxidation sites excluding steroid dienone is 1. The van der Waals surface area contributed by atoms with E-state index in [0.29, 0.717) is 5.56 Å². The van der Waals surface area contributed by atoms with Gasteiger partial charge in [0.05, 0.1) is 10.8 Å². The highest BCUT2D eigenvalue weighted by molar-refractivity contribution is 7.96. The molecule has 0 fully saturated rings. The Morgan fingerprint density at radius 1 is 1.39 bits per heavy atom. The van der Waals surface area contributed by atoms with Gasteiger partial charge in [-0.2, -0.15) is 0 Å². The standard InChI is InChI=1S/C12H12O5S/c1-7(12(14)15)5-9-6-8-3-2-4-10(13)11(8)18(9,16)17/h2-4,6-7,13H,5H2,1H3,(H,14,15). The Morgan fingerprint density at radius 2 is 2.06 bits per heavy atom. The van der Waals surface area contributed by atoms with Crippen molar-refractivity contribution in [3.8, 4) is 5.75 Å². The van der Waals surface area contributed by atoms with Crippen LogP contribution < -0.4 is 0 Å². The van der Waals surface area contributed by atoms with Crippen molar-refractivity contribution in [1.82, 2.24) is 0 Å². The topological polar surface area (TPSA) is 91.7 Å². The number of aromatic hydroxyl groups is 1. The molecule has 96 valence electrons. The van der Waals surface area contributed by atoms with Gasteiger partial charge in [0.15, 0.2) is 0 Å². The third-order valence-electron chi connectivity index (χ3n) is 2.88. The first-order chi connectivity index (χ1) is 8.34. The lowest BCUT2D eigenvalue weighted by atomic mass is 10.1. The molecule has 1 aromatic carbocycles. The number of aliphatic carboxylic acids is 1. The van der Waals surface area contributed by atoms with E-state index in [-0.39, 0.29) is 22.0 Å². The Labute approximate surface area is 104 Å². The Bertz CT molecular complexity index is 642. The quantitative estimate of drug-likeness (QED) is 0.869. The van der Waals surface area contributed by atoms with Crippen molar-refractivity contribution in [2.75, 3.05) is 0 Å². The Hall–Kier alpha value is -1.82. The van der Waals surface area contributed by atoms with Crippen molar-refractivity contribution in [1.29, 1.82) is 0 Å². The second-order valence-electron chi connectivity index (χ2n) is 4.25. The number of hydrogen-bond acceptors (Lipinski definition) is 4. The lowest BCUT2D eigenvalue weighted by molar-refractivity contribution is -0.141. The van der Waals surface area contributed by atoms with Crippen LogP contribution in [0.4, 0.5) is 0 Å². The SMILES string of the molecule is CC(CC1=Cc2cccc(O)c2S1(=O)=O)C(=O)O. The van der Waals surface area contributed by atoms with Gasteiger partial charge in [0.25, 0.3) is 0 Å². The van der Waals surface area contributed by atoms with Crippen LogP contribution in [0.2, 0.25) is 0 Å². The number of carboxylic acids is 1. The maximum absolute atomic E-state index is 12.1. The number of rotatable bonds is 3. The number of benzene rings is 1. The molecule has 2 rings (SSSR count). The first kappa shape index (κ1) is 12.6. The fourth-order valence-corrected chi connectivity index (χ4v) is 3.68. The van der Waals surface area contributed by atoms with Gasteiger partial charge in [-0.05, 0) is 24.1 Å². The molecule has 18 heavy (non-hydrogen) atoms. The first-order valence-electron chi connectivity index (χ1n) is 5.34. The number of carbonyl (C=O) groups is 1. The molecule has 0 spiro atoms. The predicted octanol–water partition coefficient (Wildman–Crippen LogP) is 1.63. The minimum Gasteiger partial charge on any atom is -0.507 e. The molecule has 1 unspecified atom stereocenters. The molecule has 1 heterocycles. The lowest BCUT2D eigenvalue weighted by Gasteiger charge is -2.08. The number of fused-ring (bicyclic) bond motifs is 1. The van der Waals surface area contributed by atoms with Crippen molar-refractivity contribution >= 4 is 21.9 Å². The summed E-state index contributed by atoms with van der Waals surface area (Å²) >= 11 is 0. The van der Waals surface area contributed by atoms with Crippen LogP contribution in [0.1, 0.15) is 18.9 Å². The van der Waals surface area contributed by atoms with Gasteiger partial charge in [0.1, 0.15) is 10.6 Å². The zero-order valence-electron chi connectivity index (χ0n) is 9.62. The van der Waals surface area contributed by atoms with Crippen LogP contribution in [0.15, 0.2) is 28.0 Å². The molecule has 0 amide bonds. The van der Waals surface area contributed by atoms with Crippen LogP contribution in [0.5, 0.6) is 5.75 Å². The average molecular weight is 268 g/mol. The van der Waals surface area contributed by atoms with Gasteiger partial charge in [0.2, 0.25) is 9.84 Å². The van der Waals surface area contributed by atoms with E-state index in [9.17, 15) is 18.3 Å². The smallest absolute Gasteiger partial charge is 0.306 e. The maximum atomic E-state index is 12.1. The van der Waals surface area contributed by atoms with E-state index in [1.165, 1.54) is 19.1 Å². The van der Waals surface area contributed by atoms with Crippen LogP contribution >= 0.6 is 0 Å². The lowest BCUT2D eigenvalue weighted by Crippen LogP contribution is -2.12. The molecule has 1 aliphatic rings. The zero-order valence-corrected chi connectivity index (χ0v) is 10.4. The average Bonchev–Trinajstić information content (AvgIpc) is 2.51. The molecule has 5 nitrogen and oxygen atoms in total. The number of carboxylic acid groups (broad SMARTS) is 1.